The maximum Gasteiger partial charge on any atom is 0.322 e. The molecular formula is C20H21N5O3. The number of hydrogen-bond acceptors (Lipinski definition) is 4. The largest absolute Gasteiger partial charge is 0.337 e. The highest BCUT2D eigenvalue weighted by molar-refractivity contribution is 6.07. The van der Waals surface area contributed by atoms with Crippen molar-refractivity contribution in [1.29, 1.82) is 0 Å². The Bertz CT molecular complexity index is 973. The van der Waals surface area contributed by atoms with Crippen LogP contribution in [0.1, 0.15) is 41.0 Å². The number of piperidine rings is 1. The van der Waals surface area contributed by atoms with Crippen LogP contribution in [0.25, 0.3) is 5.69 Å². The Balaban J connectivity index is 1.40. The lowest BCUT2D eigenvalue weighted by Crippen LogP contribution is -2.55. The van der Waals surface area contributed by atoms with Gasteiger partial charge < -0.3 is 10.2 Å². The first-order chi connectivity index (χ1) is 13.6. The number of nitrogens with zero attached hydrogens (tertiary/aromatic N) is 3. The van der Waals surface area contributed by atoms with Gasteiger partial charge in [0.2, 0.25) is 0 Å². The van der Waals surface area contributed by atoms with E-state index < -0.39 is 11.6 Å². The zero-order valence-corrected chi connectivity index (χ0v) is 15.4. The van der Waals surface area contributed by atoms with Crippen molar-refractivity contribution < 1.29 is 14.4 Å². The molecule has 3 heterocycles. The molecule has 1 aromatic heterocycles. The SMILES string of the molecule is O=C1NC(=O)C2(CCN(C(=O)c3nn(-c4ccccc4)c4c3CCC4)CC2)N1. The van der Waals surface area contributed by atoms with Crippen LogP contribution in [0, 0.1) is 0 Å². The molecule has 1 spiro atoms. The van der Waals surface area contributed by atoms with Crippen molar-refractivity contribution >= 4 is 17.8 Å². The second kappa shape index (κ2) is 6.19. The third-order valence-electron chi connectivity index (χ3n) is 6.05. The summed E-state index contributed by atoms with van der Waals surface area (Å²) < 4.78 is 1.89. The van der Waals surface area contributed by atoms with Gasteiger partial charge in [-0.3, -0.25) is 14.9 Å². The molecule has 2 N–H and O–H groups in total. The van der Waals surface area contributed by atoms with Gasteiger partial charge in [-0.1, -0.05) is 18.2 Å². The average Bonchev–Trinajstić information content (AvgIpc) is 3.37. The molecule has 8 heteroatoms. The average molecular weight is 379 g/mol. The van der Waals surface area contributed by atoms with Gasteiger partial charge in [-0.15, -0.1) is 0 Å². The van der Waals surface area contributed by atoms with Crippen LogP contribution in [0.4, 0.5) is 4.79 Å². The highest BCUT2D eigenvalue weighted by atomic mass is 16.2. The van der Waals surface area contributed by atoms with Gasteiger partial charge in [0, 0.05) is 24.3 Å². The number of carbonyl (C=O) groups is 3. The maximum atomic E-state index is 13.2. The van der Waals surface area contributed by atoms with Crippen LogP contribution in [-0.4, -0.2) is 51.2 Å². The van der Waals surface area contributed by atoms with Crippen LogP contribution >= 0.6 is 0 Å². The normalized spacial score (nSPS) is 20.2. The third-order valence-corrected chi connectivity index (χ3v) is 6.05. The molecule has 0 saturated carbocycles. The summed E-state index contributed by atoms with van der Waals surface area (Å²) in [6.07, 6.45) is 3.63. The number of rotatable bonds is 2. The minimum Gasteiger partial charge on any atom is -0.337 e. The molecule has 4 amide bonds. The number of hydrogen-bond donors (Lipinski definition) is 2. The van der Waals surface area contributed by atoms with Crippen molar-refractivity contribution in [2.45, 2.75) is 37.6 Å². The molecule has 5 rings (SSSR count). The van der Waals surface area contributed by atoms with Gasteiger partial charge in [0.05, 0.1) is 5.69 Å². The first-order valence-corrected chi connectivity index (χ1v) is 9.66. The number of amides is 4. The van der Waals surface area contributed by atoms with Crippen LogP contribution in [-0.2, 0) is 17.6 Å². The molecule has 2 saturated heterocycles. The van der Waals surface area contributed by atoms with Gasteiger partial charge in [0.1, 0.15) is 5.54 Å². The molecule has 1 aromatic carbocycles. The molecule has 144 valence electrons. The van der Waals surface area contributed by atoms with Crippen molar-refractivity contribution in [3.8, 4) is 5.69 Å². The lowest BCUT2D eigenvalue weighted by molar-refractivity contribution is -0.125. The standard InChI is InChI=1S/C20H21N5O3/c26-17(24-11-9-20(10-12-24)18(27)21-19(28)22-20)16-14-7-4-8-15(14)25(23-16)13-5-2-1-3-6-13/h1-3,5-6H,4,7-12H2,(H2,21,22,27,28). The molecule has 0 bridgehead atoms. The summed E-state index contributed by atoms with van der Waals surface area (Å²) in [4.78, 5) is 38.6. The maximum absolute atomic E-state index is 13.2. The number of fused-ring (bicyclic) bond motifs is 1. The Hall–Kier alpha value is -3.16. The topological polar surface area (TPSA) is 96.3 Å². The van der Waals surface area contributed by atoms with Gasteiger partial charge in [-0.25, -0.2) is 9.48 Å². The van der Waals surface area contributed by atoms with Crippen molar-refractivity contribution in [2.24, 2.45) is 0 Å². The van der Waals surface area contributed by atoms with Gasteiger partial charge in [0.15, 0.2) is 5.69 Å². The fraction of sp³-hybridized carbons (Fsp3) is 0.400. The number of nitrogens with one attached hydrogen (secondary N) is 2. The van der Waals surface area contributed by atoms with Gasteiger partial charge >= 0.3 is 6.03 Å². The Kier molecular flexibility index (Phi) is 3.75. The molecule has 28 heavy (non-hydrogen) atoms. The molecule has 0 radical (unpaired) electrons. The number of imide groups is 1. The fourth-order valence-corrected chi connectivity index (χ4v) is 4.51. The minimum absolute atomic E-state index is 0.0904. The zero-order chi connectivity index (χ0) is 19.3. The number of para-hydroxylation sites is 1. The van der Waals surface area contributed by atoms with Crippen LogP contribution < -0.4 is 10.6 Å². The zero-order valence-electron chi connectivity index (χ0n) is 15.4. The van der Waals surface area contributed by atoms with Crippen LogP contribution in [0.2, 0.25) is 0 Å². The summed E-state index contributed by atoms with van der Waals surface area (Å²) in [5.41, 5.74) is 2.76. The number of likely N-dealkylation sites (tertiary alicyclic amines) is 1. The Labute approximate surface area is 161 Å². The minimum atomic E-state index is -0.876. The monoisotopic (exact) mass is 379 g/mol. The van der Waals surface area contributed by atoms with Crippen LogP contribution in [0.3, 0.4) is 0 Å². The van der Waals surface area contributed by atoms with E-state index in [0.29, 0.717) is 31.6 Å². The van der Waals surface area contributed by atoms with E-state index in [1.165, 1.54) is 0 Å². The molecule has 2 aliphatic heterocycles. The lowest BCUT2D eigenvalue weighted by atomic mass is 9.87. The van der Waals surface area contributed by atoms with E-state index in [0.717, 1.165) is 36.2 Å². The van der Waals surface area contributed by atoms with Crippen molar-refractivity contribution in [3.63, 3.8) is 0 Å². The smallest absolute Gasteiger partial charge is 0.322 e. The van der Waals surface area contributed by atoms with E-state index in [-0.39, 0.29) is 11.8 Å². The number of aromatic nitrogens is 2. The molecule has 3 aliphatic rings. The summed E-state index contributed by atoms with van der Waals surface area (Å²) in [5, 5.41) is 9.70. The van der Waals surface area contributed by atoms with Gasteiger partial charge in [-0.2, -0.15) is 5.10 Å². The highest BCUT2D eigenvalue weighted by Crippen LogP contribution is 2.31. The summed E-state index contributed by atoms with van der Waals surface area (Å²) in [6.45, 7) is 0.832. The molecule has 2 aromatic rings. The Morgan fingerprint density at radius 2 is 1.82 bits per heavy atom. The highest BCUT2D eigenvalue weighted by Gasteiger charge is 2.48. The molecular weight excluding hydrogens is 358 g/mol. The first-order valence-electron chi connectivity index (χ1n) is 9.66. The van der Waals surface area contributed by atoms with E-state index in [1.807, 2.05) is 35.0 Å². The van der Waals surface area contributed by atoms with E-state index in [2.05, 4.69) is 15.7 Å². The number of carbonyl (C=O) groups excluding carboxylic acids is 3. The third kappa shape index (κ3) is 2.51. The van der Waals surface area contributed by atoms with Gasteiger partial charge in [0.25, 0.3) is 11.8 Å². The Morgan fingerprint density at radius 1 is 1.07 bits per heavy atom. The van der Waals surface area contributed by atoms with Crippen molar-refractivity contribution in [3.05, 3.63) is 47.3 Å². The molecule has 0 atom stereocenters. The summed E-state index contributed by atoms with van der Waals surface area (Å²) in [7, 11) is 0. The number of benzene rings is 1. The summed E-state index contributed by atoms with van der Waals surface area (Å²) in [5.74, 6) is -0.383. The van der Waals surface area contributed by atoms with Gasteiger partial charge in [-0.05, 0) is 44.2 Å². The summed E-state index contributed by atoms with van der Waals surface area (Å²) in [6, 6.07) is 9.41. The molecule has 1 aliphatic carbocycles. The van der Waals surface area contributed by atoms with Crippen LogP contribution in [0.5, 0.6) is 0 Å². The Morgan fingerprint density at radius 3 is 2.50 bits per heavy atom. The molecule has 2 fully saturated rings. The number of urea groups is 1. The quantitative estimate of drug-likeness (QED) is 0.766. The second-order valence-corrected chi connectivity index (χ2v) is 7.66. The van der Waals surface area contributed by atoms with Crippen molar-refractivity contribution in [1.82, 2.24) is 25.3 Å². The first kappa shape index (κ1) is 17.0. The van der Waals surface area contributed by atoms with Crippen molar-refractivity contribution in [2.75, 3.05) is 13.1 Å². The summed E-state index contributed by atoms with van der Waals surface area (Å²) >= 11 is 0. The van der Waals surface area contributed by atoms with Crippen LogP contribution in [0.15, 0.2) is 30.3 Å². The second-order valence-electron chi connectivity index (χ2n) is 7.66. The molecule has 0 unspecified atom stereocenters. The fourth-order valence-electron chi connectivity index (χ4n) is 4.51. The predicted octanol–water partition coefficient (Wildman–Crippen LogP) is 1.18. The lowest BCUT2D eigenvalue weighted by Gasteiger charge is -2.36. The molecule has 8 nitrogen and oxygen atoms in total. The van der Waals surface area contributed by atoms with E-state index in [1.54, 1.807) is 4.90 Å². The van der Waals surface area contributed by atoms with E-state index in [9.17, 15) is 14.4 Å². The predicted molar refractivity (Wildman–Crippen MR) is 100 cm³/mol. The van der Waals surface area contributed by atoms with E-state index in [4.69, 9.17) is 0 Å². The van der Waals surface area contributed by atoms with E-state index >= 15 is 0 Å².